The van der Waals surface area contributed by atoms with Crippen LogP contribution in [0.2, 0.25) is 0 Å². The fourth-order valence-electron chi connectivity index (χ4n) is 1.43. The summed E-state index contributed by atoms with van der Waals surface area (Å²) in [6.45, 7) is 3.47. The lowest BCUT2D eigenvalue weighted by Gasteiger charge is -2.20. The second kappa shape index (κ2) is 5.98. The monoisotopic (exact) mass is 242 g/mol. The van der Waals surface area contributed by atoms with Gasteiger partial charge in [0, 0.05) is 19.6 Å². The van der Waals surface area contributed by atoms with Gasteiger partial charge in [-0.15, -0.1) is 0 Å². The van der Waals surface area contributed by atoms with E-state index in [4.69, 9.17) is 0 Å². The van der Waals surface area contributed by atoms with Gasteiger partial charge in [0.1, 0.15) is 0 Å². The Morgan fingerprint density at radius 1 is 1.25 bits per heavy atom. The van der Waals surface area contributed by atoms with Crippen LogP contribution in [0.25, 0.3) is 0 Å². The SMILES string of the molecule is CCN(CCNC)S(=O)(=O)c1ccccc1. The second-order valence-electron chi connectivity index (χ2n) is 3.41. The lowest BCUT2D eigenvalue weighted by atomic mass is 10.4. The molecule has 0 heterocycles. The topological polar surface area (TPSA) is 49.4 Å². The van der Waals surface area contributed by atoms with Gasteiger partial charge in [-0.3, -0.25) is 0 Å². The molecule has 0 amide bonds. The lowest BCUT2D eigenvalue weighted by Crippen LogP contribution is -2.35. The van der Waals surface area contributed by atoms with Crippen molar-refractivity contribution in [1.29, 1.82) is 0 Å². The summed E-state index contributed by atoms with van der Waals surface area (Å²) in [5.41, 5.74) is 0. The van der Waals surface area contributed by atoms with Gasteiger partial charge < -0.3 is 5.32 Å². The van der Waals surface area contributed by atoms with Crippen LogP contribution in [0.5, 0.6) is 0 Å². The van der Waals surface area contributed by atoms with Crippen molar-refractivity contribution >= 4 is 10.0 Å². The summed E-state index contributed by atoms with van der Waals surface area (Å²) in [5, 5.41) is 2.95. The first-order chi connectivity index (χ1) is 7.62. The fourth-order valence-corrected chi connectivity index (χ4v) is 2.90. The molecule has 0 atom stereocenters. The minimum Gasteiger partial charge on any atom is -0.318 e. The molecule has 0 aliphatic heterocycles. The van der Waals surface area contributed by atoms with E-state index in [-0.39, 0.29) is 0 Å². The molecule has 4 nitrogen and oxygen atoms in total. The summed E-state index contributed by atoms with van der Waals surface area (Å²) in [4.78, 5) is 0.355. The van der Waals surface area contributed by atoms with E-state index in [0.29, 0.717) is 24.5 Å². The molecule has 1 N–H and O–H groups in total. The molecule has 5 heteroatoms. The van der Waals surface area contributed by atoms with E-state index in [1.807, 2.05) is 20.0 Å². The minimum absolute atomic E-state index is 0.355. The highest BCUT2D eigenvalue weighted by Gasteiger charge is 2.21. The zero-order valence-electron chi connectivity index (χ0n) is 9.68. The average molecular weight is 242 g/mol. The third-order valence-corrected chi connectivity index (χ3v) is 4.33. The van der Waals surface area contributed by atoms with Gasteiger partial charge in [-0.05, 0) is 19.2 Å². The second-order valence-corrected chi connectivity index (χ2v) is 5.35. The van der Waals surface area contributed by atoms with Crippen LogP contribution in [0.15, 0.2) is 35.2 Å². The van der Waals surface area contributed by atoms with Gasteiger partial charge >= 0.3 is 0 Å². The largest absolute Gasteiger partial charge is 0.318 e. The lowest BCUT2D eigenvalue weighted by molar-refractivity contribution is 0.425. The van der Waals surface area contributed by atoms with E-state index in [9.17, 15) is 8.42 Å². The Bertz CT molecular complexity index is 403. The molecule has 0 aromatic heterocycles. The molecule has 1 rings (SSSR count). The third-order valence-electron chi connectivity index (χ3n) is 2.34. The van der Waals surface area contributed by atoms with Gasteiger partial charge in [0.2, 0.25) is 10.0 Å². The normalized spacial score (nSPS) is 11.9. The highest BCUT2D eigenvalue weighted by molar-refractivity contribution is 7.89. The van der Waals surface area contributed by atoms with Crippen LogP contribution < -0.4 is 5.32 Å². The molecule has 1 aromatic carbocycles. The molecule has 0 unspecified atom stereocenters. The molecule has 16 heavy (non-hydrogen) atoms. The summed E-state index contributed by atoms with van der Waals surface area (Å²) in [5.74, 6) is 0. The highest BCUT2D eigenvalue weighted by atomic mass is 32.2. The van der Waals surface area contributed by atoms with E-state index in [0.717, 1.165) is 0 Å². The van der Waals surface area contributed by atoms with Crippen LogP contribution in [-0.2, 0) is 10.0 Å². The number of hydrogen-bond acceptors (Lipinski definition) is 3. The maximum absolute atomic E-state index is 12.2. The van der Waals surface area contributed by atoms with Gasteiger partial charge in [0.15, 0.2) is 0 Å². The maximum atomic E-state index is 12.2. The number of benzene rings is 1. The number of hydrogen-bond donors (Lipinski definition) is 1. The molecule has 90 valence electrons. The highest BCUT2D eigenvalue weighted by Crippen LogP contribution is 2.14. The Labute approximate surface area is 97.3 Å². The first kappa shape index (κ1) is 13.2. The van der Waals surface area contributed by atoms with Crippen LogP contribution in [0.3, 0.4) is 0 Å². The first-order valence-corrected chi connectivity index (χ1v) is 6.76. The van der Waals surface area contributed by atoms with Crippen molar-refractivity contribution in [3.05, 3.63) is 30.3 Å². The van der Waals surface area contributed by atoms with Crippen molar-refractivity contribution in [2.45, 2.75) is 11.8 Å². The Hall–Kier alpha value is -0.910. The summed E-state index contributed by atoms with van der Waals surface area (Å²) in [6.07, 6.45) is 0. The number of sulfonamides is 1. The van der Waals surface area contributed by atoms with Gasteiger partial charge in [0.05, 0.1) is 4.90 Å². The van der Waals surface area contributed by atoms with Gasteiger partial charge in [-0.2, -0.15) is 4.31 Å². The molecule has 0 spiro atoms. The van der Waals surface area contributed by atoms with Gasteiger partial charge in [-0.1, -0.05) is 25.1 Å². The van der Waals surface area contributed by atoms with Crippen molar-refractivity contribution < 1.29 is 8.42 Å². The zero-order valence-corrected chi connectivity index (χ0v) is 10.5. The quantitative estimate of drug-likeness (QED) is 0.807. The number of nitrogens with one attached hydrogen (secondary N) is 1. The summed E-state index contributed by atoms with van der Waals surface area (Å²) in [7, 11) is -1.52. The van der Waals surface area contributed by atoms with E-state index < -0.39 is 10.0 Å². The van der Waals surface area contributed by atoms with E-state index in [1.54, 1.807) is 24.3 Å². The smallest absolute Gasteiger partial charge is 0.243 e. The summed E-state index contributed by atoms with van der Waals surface area (Å²) in [6, 6.07) is 8.52. The molecule has 0 aliphatic carbocycles. The summed E-state index contributed by atoms with van der Waals surface area (Å²) >= 11 is 0. The zero-order chi connectivity index (χ0) is 12.0. The Kier molecular flexibility index (Phi) is 4.92. The van der Waals surface area contributed by atoms with Crippen molar-refractivity contribution in [3.8, 4) is 0 Å². The standard InChI is InChI=1S/C11H18N2O2S/c1-3-13(10-9-12-2)16(14,15)11-7-5-4-6-8-11/h4-8,12H,3,9-10H2,1-2H3. The van der Waals surface area contributed by atoms with Gasteiger partial charge in [0.25, 0.3) is 0 Å². The molecule has 0 radical (unpaired) electrons. The predicted octanol–water partition coefficient (Wildman–Crippen LogP) is 0.917. The number of nitrogens with zero attached hydrogens (tertiary/aromatic N) is 1. The molecule has 0 bridgehead atoms. The molecule has 0 aliphatic rings. The summed E-state index contributed by atoms with van der Waals surface area (Å²) < 4.78 is 25.8. The van der Waals surface area contributed by atoms with Crippen LogP contribution in [0, 0.1) is 0 Å². The van der Waals surface area contributed by atoms with E-state index in [2.05, 4.69) is 5.32 Å². The predicted molar refractivity (Wildman–Crippen MR) is 64.8 cm³/mol. The van der Waals surface area contributed by atoms with Crippen LogP contribution >= 0.6 is 0 Å². The van der Waals surface area contributed by atoms with E-state index in [1.165, 1.54) is 4.31 Å². The molecule has 0 saturated carbocycles. The van der Waals surface area contributed by atoms with Crippen LogP contribution in [0.1, 0.15) is 6.92 Å². The minimum atomic E-state index is -3.33. The van der Waals surface area contributed by atoms with Crippen LogP contribution in [-0.4, -0.2) is 39.4 Å². The fraction of sp³-hybridized carbons (Fsp3) is 0.455. The Morgan fingerprint density at radius 2 is 1.88 bits per heavy atom. The molecular weight excluding hydrogens is 224 g/mol. The number of likely N-dealkylation sites (N-methyl/N-ethyl adjacent to an activating group) is 2. The molecule has 0 saturated heterocycles. The average Bonchev–Trinajstić information content (AvgIpc) is 2.31. The van der Waals surface area contributed by atoms with Crippen molar-refractivity contribution in [2.75, 3.05) is 26.7 Å². The molecule has 1 aromatic rings. The van der Waals surface area contributed by atoms with Crippen molar-refractivity contribution in [2.24, 2.45) is 0 Å². The molecule has 0 fully saturated rings. The number of rotatable bonds is 6. The van der Waals surface area contributed by atoms with Crippen molar-refractivity contribution in [1.82, 2.24) is 9.62 Å². The first-order valence-electron chi connectivity index (χ1n) is 5.32. The molecular formula is C11H18N2O2S. The van der Waals surface area contributed by atoms with E-state index >= 15 is 0 Å². The Balaban J connectivity index is 2.91. The maximum Gasteiger partial charge on any atom is 0.243 e. The Morgan fingerprint density at radius 3 is 2.38 bits per heavy atom. The van der Waals surface area contributed by atoms with Crippen LogP contribution in [0.4, 0.5) is 0 Å². The van der Waals surface area contributed by atoms with Gasteiger partial charge in [-0.25, -0.2) is 8.42 Å². The third kappa shape index (κ3) is 3.04. The van der Waals surface area contributed by atoms with Crippen molar-refractivity contribution in [3.63, 3.8) is 0 Å².